The number of hydrogen-bond donors (Lipinski definition) is 2. The summed E-state index contributed by atoms with van der Waals surface area (Å²) in [5.41, 5.74) is 3.36. The number of rotatable bonds is 4. The molecule has 0 saturated carbocycles. The third-order valence-electron chi connectivity index (χ3n) is 4.59. The molecule has 2 heterocycles. The fourth-order valence-electron chi connectivity index (χ4n) is 3.36. The molecule has 0 aliphatic carbocycles. The Morgan fingerprint density at radius 2 is 1.12 bits per heavy atom. The topological polar surface area (TPSA) is 76.1 Å². The van der Waals surface area contributed by atoms with Gasteiger partial charge in [-0.2, -0.15) is 0 Å². The Balaban J connectivity index is 1.95. The normalized spacial score (nSPS) is 12.7. The van der Waals surface area contributed by atoms with Gasteiger partial charge in [0.05, 0.1) is 22.1 Å². The largest absolute Gasteiger partial charge is 0.502 e. The van der Waals surface area contributed by atoms with Crippen LogP contribution in [0.5, 0.6) is 0 Å². The monoisotopic (exact) mass is 348 g/mol. The van der Waals surface area contributed by atoms with Crippen molar-refractivity contribution in [2.75, 3.05) is 0 Å². The lowest BCUT2D eigenvalue weighted by Crippen LogP contribution is -2.06. The number of benzene rings is 2. The highest BCUT2D eigenvalue weighted by Crippen LogP contribution is 2.27. The summed E-state index contributed by atoms with van der Waals surface area (Å²) >= 11 is 0. The first kappa shape index (κ1) is 16.2. The smallest absolute Gasteiger partial charge is 0.205 e. The summed E-state index contributed by atoms with van der Waals surface area (Å²) < 4.78 is 3.75. The predicted octanol–water partition coefficient (Wildman–Crippen LogP) is 4.37. The van der Waals surface area contributed by atoms with E-state index >= 15 is 0 Å². The van der Waals surface area contributed by atoms with Crippen molar-refractivity contribution in [2.24, 2.45) is 0 Å². The molecule has 4 aromatic rings. The Kier molecular flexibility index (Phi) is 3.88. The molecule has 26 heavy (non-hydrogen) atoms. The first-order valence-electron chi connectivity index (χ1n) is 8.69. The zero-order valence-corrected chi connectivity index (χ0v) is 14.7. The molecule has 0 aliphatic rings. The summed E-state index contributed by atoms with van der Waals surface area (Å²) in [5, 5.41) is 21.6. The Morgan fingerprint density at radius 3 is 1.50 bits per heavy atom. The number of para-hydroxylation sites is 4. The lowest BCUT2D eigenvalue weighted by Gasteiger charge is -2.09. The van der Waals surface area contributed by atoms with Crippen LogP contribution in [-0.4, -0.2) is 29.3 Å². The van der Waals surface area contributed by atoms with E-state index in [2.05, 4.69) is 9.97 Å². The molecule has 0 bridgehead atoms. The highest BCUT2D eigenvalue weighted by molar-refractivity contribution is 5.87. The van der Waals surface area contributed by atoms with E-state index in [-0.39, 0.29) is 11.5 Å². The van der Waals surface area contributed by atoms with E-state index in [0.717, 1.165) is 22.1 Å². The second kappa shape index (κ2) is 6.22. The van der Waals surface area contributed by atoms with Gasteiger partial charge in [-0.3, -0.25) is 0 Å². The Labute approximate surface area is 150 Å². The second-order valence-corrected chi connectivity index (χ2v) is 6.03. The van der Waals surface area contributed by atoms with Gasteiger partial charge in [-0.25, -0.2) is 9.97 Å². The number of hydrogen-bond acceptors (Lipinski definition) is 4. The van der Waals surface area contributed by atoms with E-state index in [1.54, 1.807) is 0 Å². The van der Waals surface area contributed by atoms with Crippen molar-refractivity contribution in [3.8, 4) is 0 Å². The van der Waals surface area contributed by atoms with Crippen LogP contribution in [-0.2, 0) is 13.1 Å². The summed E-state index contributed by atoms with van der Waals surface area (Å²) in [6.45, 7) is 5.20. The van der Waals surface area contributed by atoms with Crippen molar-refractivity contribution < 1.29 is 10.2 Å². The van der Waals surface area contributed by atoms with Gasteiger partial charge in [0, 0.05) is 13.1 Å². The van der Waals surface area contributed by atoms with Crippen LogP contribution >= 0.6 is 0 Å². The van der Waals surface area contributed by atoms with E-state index in [1.807, 2.05) is 71.5 Å². The average molecular weight is 348 g/mol. The molecule has 6 nitrogen and oxygen atoms in total. The molecular weight excluding hydrogens is 328 g/mol. The Morgan fingerprint density at radius 1 is 0.731 bits per heavy atom. The summed E-state index contributed by atoms with van der Waals surface area (Å²) in [6, 6.07) is 15.3. The standard InChI is InChI=1S/C20H20N4O2/c1-3-23-15-11-7-5-9-13(15)21-19(23)17(25)18(26)20-22-14-10-6-8-12-16(14)24(20)4-2/h5-12,25-26H,3-4H2,1-2H3/b18-17+. The van der Waals surface area contributed by atoms with Crippen molar-refractivity contribution in [3.05, 3.63) is 60.2 Å². The van der Waals surface area contributed by atoms with Crippen LogP contribution in [0.25, 0.3) is 33.6 Å². The molecule has 0 spiro atoms. The highest BCUT2D eigenvalue weighted by Gasteiger charge is 2.21. The third kappa shape index (κ3) is 2.34. The summed E-state index contributed by atoms with van der Waals surface area (Å²) in [4.78, 5) is 8.99. The summed E-state index contributed by atoms with van der Waals surface area (Å²) in [6.07, 6.45) is 0. The number of imidazole rings is 2. The fraction of sp³-hybridized carbons (Fsp3) is 0.200. The molecule has 6 heteroatoms. The maximum absolute atomic E-state index is 10.8. The number of aryl methyl sites for hydroxylation is 2. The van der Waals surface area contributed by atoms with Gasteiger partial charge in [0.1, 0.15) is 0 Å². The molecule has 0 aliphatic heterocycles. The number of aromatic nitrogens is 4. The molecular formula is C20H20N4O2. The minimum absolute atomic E-state index is 0.270. The summed E-state index contributed by atoms with van der Waals surface area (Å²) in [7, 11) is 0. The molecule has 0 atom stereocenters. The van der Waals surface area contributed by atoms with Crippen LogP contribution in [0.15, 0.2) is 48.5 Å². The maximum Gasteiger partial charge on any atom is 0.205 e. The minimum Gasteiger partial charge on any atom is -0.502 e. The van der Waals surface area contributed by atoms with Crippen LogP contribution in [0.4, 0.5) is 0 Å². The van der Waals surface area contributed by atoms with Gasteiger partial charge in [0.2, 0.25) is 11.5 Å². The molecule has 0 radical (unpaired) electrons. The van der Waals surface area contributed by atoms with Crippen molar-refractivity contribution in [3.63, 3.8) is 0 Å². The van der Waals surface area contributed by atoms with E-state index in [0.29, 0.717) is 24.7 Å². The Bertz CT molecular complexity index is 1050. The van der Waals surface area contributed by atoms with Gasteiger partial charge in [-0.05, 0) is 38.1 Å². The van der Waals surface area contributed by atoms with Crippen LogP contribution in [0.3, 0.4) is 0 Å². The van der Waals surface area contributed by atoms with Crippen molar-refractivity contribution in [2.45, 2.75) is 26.9 Å². The average Bonchev–Trinajstić information content (AvgIpc) is 3.24. The molecule has 132 valence electrons. The zero-order valence-electron chi connectivity index (χ0n) is 14.7. The molecule has 2 aromatic carbocycles. The second-order valence-electron chi connectivity index (χ2n) is 6.03. The van der Waals surface area contributed by atoms with E-state index in [4.69, 9.17) is 0 Å². The van der Waals surface area contributed by atoms with Crippen molar-refractivity contribution >= 4 is 33.6 Å². The molecule has 2 aromatic heterocycles. The van der Waals surface area contributed by atoms with Crippen LogP contribution < -0.4 is 0 Å². The number of aliphatic hydroxyl groups excluding tert-OH is 2. The lowest BCUT2D eigenvalue weighted by atomic mass is 10.3. The Hall–Kier alpha value is -3.28. The first-order chi connectivity index (χ1) is 12.7. The SMILES string of the molecule is CCn1c(/C(O)=C(\O)c2nc3ccccc3n2CC)nc2ccccc21. The molecule has 2 N–H and O–H groups in total. The molecule has 0 saturated heterocycles. The van der Waals surface area contributed by atoms with E-state index < -0.39 is 0 Å². The molecule has 4 rings (SSSR count). The van der Waals surface area contributed by atoms with Crippen LogP contribution in [0.2, 0.25) is 0 Å². The van der Waals surface area contributed by atoms with E-state index in [1.165, 1.54) is 0 Å². The van der Waals surface area contributed by atoms with Crippen molar-refractivity contribution in [1.82, 2.24) is 19.1 Å². The van der Waals surface area contributed by atoms with Gasteiger partial charge >= 0.3 is 0 Å². The third-order valence-corrected chi connectivity index (χ3v) is 4.59. The van der Waals surface area contributed by atoms with E-state index in [9.17, 15) is 10.2 Å². The number of fused-ring (bicyclic) bond motifs is 2. The van der Waals surface area contributed by atoms with Crippen molar-refractivity contribution in [1.29, 1.82) is 0 Å². The molecule has 0 unspecified atom stereocenters. The van der Waals surface area contributed by atoms with Gasteiger partial charge in [-0.15, -0.1) is 0 Å². The van der Waals surface area contributed by atoms with Gasteiger partial charge in [0.15, 0.2) is 11.6 Å². The highest BCUT2D eigenvalue weighted by atomic mass is 16.3. The lowest BCUT2D eigenvalue weighted by molar-refractivity contribution is 0.445. The fourth-order valence-corrected chi connectivity index (χ4v) is 3.36. The van der Waals surface area contributed by atoms with Gasteiger partial charge < -0.3 is 19.3 Å². The predicted molar refractivity (Wildman–Crippen MR) is 103 cm³/mol. The number of aliphatic hydroxyl groups is 2. The van der Waals surface area contributed by atoms with Crippen LogP contribution in [0.1, 0.15) is 25.5 Å². The van der Waals surface area contributed by atoms with Gasteiger partial charge in [0.25, 0.3) is 0 Å². The van der Waals surface area contributed by atoms with Gasteiger partial charge in [-0.1, -0.05) is 24.3 Å². The molecule has 0 fully saturated rings. The van der Waals surface area contributed by atoms with Crippen LogP contribution in [0, 0.1) is 0 Å². The maximum atomic E-state index is 10.8. The minimum atomic E-state index is -0.270. The zero-order chi connectivity index (χ0) is 18.3. The number of nitrogens with zero attached hydrogens (tertiary/aromatic N) is 4. The molecule has 0 amide bonds. The quantitative estimate of drug-likeness (QED) is 0.537. The first-order valence-corrected chi connectivity index (χ1v) is 8.69. The summed E-state index contributed by atoms with van der Waals surface area (Å²) in [5.74, 6) is 0.128.